The first-order valence-corrected chi connectivity index (χ1v) is 6.65. The lowest BCUT2D eigenvalue weighted by Crippen LogP contribution is -2.07. The third-order valence-corrected chi connectivity index (χ3v) is 4.30. The smallest absolute Gasteiger partial charge is 0.231 e. The zero-order valence-corrected chi connectivity index (χ0v) is 9.55. The second-order valence-electron chi connectivity index (χ2n) is 3.06. The van der Waals surface area contributed by atoms with Crippen LogP contribution >= 0.6 is 12.6 Å². The van der Waals surface area contributed by atoms with Crippen LogP contribution in [-0.2, 0) is 9.84 Å². The molecule has 0 radical (unpaired) electrons. The van der Waals surface area contributed by atoms with Crippen LogP contribution in [0.2, 0.25) is 0 Å². The zero-order valence-electron chi connectivity index (χ0n) is 7.84. The van der Waals surface area contributed by atoms with Gasteiger partial charge in [-0.25, -0.2) is 8.42 Å². The molecule has 1 aromatic rings. The SMILES string of the molecule is O=S(=O)(CCS)c1ccc2c(c1)OCO2. The van der Waals surface area contributed by atoms with E-state index in [-0.39, 0.29) is 17.4 Å². The van der Waals surface area contributed by atoms with Crippen LogP contribution in [0.15, 0.2) is 23.1 Å². The lowest BCUT2D eigenvalue weighted by atomic mass is 10.3. The highest BCUT2D eigenvalue weighted by Crippen LogP contribution is 2.34. The van der Waals surface area contributed by atoms with E-state index in [4.69, 9.17) is 9.47 Å². The van der Waals surface area contributed by atoms with Gasteiger partial charge in [-0.1, -0.05) is 0 Å². The van der Waals surface area contributed by atoms with Crippen LogP contribution in [0.4, 0.5) is 0 Å². The summed E-state index contributed by atoms with van der Waals surface area (Å²) in [4.78, 5) is 0.251. The fraction of sp³-hybridized carbons (Fsp3) is 0.333. The van der Waals surface area contributed by atoms with Gasteiger partial charge in [0, 0.05) is 11.8 Å². The van der Waals surface area contributed by atoms with E-state index in [0.29, 0.717) is 17.3 Å². The van der Waals surface area contributed by atoms with Gasteiger partial charge in [0.15, 0.2) is 21.3 Å². The molecule has 0 N–H and O–H groups in total. The highest BCUT2D eigenvalue weighted by Gasteiger charge is 2.19. The van der Waals surface area contributed by atoms with Gasteiger partial charge in [-0.3, -0.25) is 0 Å². The van der Waals surface area contributed by atoms with Gasteiger partial charge in [-0.05, 0) is 12.1 Å². The van der Waals surface area contributed by atoms with E-state index in [2.05, 4.69) is 12.6 Å². The van der Waals surface area contributed by atoms with Crippen LogP contribution in [-0.4, -0.2) is 26.7 Å². The molecule has 0 bridgehead atoms. The fourth-order valence-corrected chi connectivity index (χ4v) is 3.07. The van der Waals surface area contributed by atoms with E-state index in [0.717, 1.165) is 0 Å². The number of fused-ring (bicyclic) bond motifs is 1. The minimum Gasteiger partial charge on any atom is -0.454 e. The molecule has 0 saturated heterocycles. The van der Waals surface area contributed by atoms with E-state index in [1.165, 1.54) is 12.1 Å². The van der Waals surface area contributed by atoms with Crippen LogP contribution in [0.3, 0.4) is 0 Å². The van der Waals surface area contributed by atoms with Crippen LogP contribution in [0.25, 0.3) is 0 Å². The van der Waals surface area contributed by atoms with Gasteiger partial charge >= 0.3 is 0 Å². The normalized spacial score (nSPS) is 14.2. The molecule has 0 aliphatic carbocycles. The Balaban J connectivity index is 2.38. The van der Waals surface area contributed by atoms with E-state index >= 15 is 0 Å². The van der Waals surface area contributed by atoms with Crippen molar-refractivity contribution >= 4 is 22.5 Å². The Bertz CT molecular complexity index is 467. The van der Waals surface area contributed by atoms with Crippen molar-refractivity contribution in [2.75, 3.05) is 18.3 Å². The molecule has 1 aliphatic rings. The van der Waals surface area contributed by atoms with Crippen molar-refractivity contribution in [3.8, 4) is 11.5 Å². The minimum atomic E-state index is -3.24. The summed E-state index contributed by atoms with van der Waals surface area (Å²) in [5, 5.41) is 0. The summed E-state index contributed by atoms with van der Waals surface area (Å²) in [5.74, 6) is 1.39. The highest BCUT2D eigenvalue weighted by molar-refractivity contribution is 7.92. The maximum Gasteiger partial charge on any atom is 0.231 e. The molecule has 6 heteroatoms. The van der Waals surface area contributed by atoms with Crippen molar-refractivity contribution in [2.45, 2.75) is 4.90 Å². The average Bonchev–Trinajstić information content (AvgIpc) is 2.63. The van der Waals surface area contributed by atoms with E-state index in [9.17, 15) is 8.42 Å². The number of benzene rings is 1. The summed E-state index contributed by atoms with van der Waals surface area (Å²) in [5.41, 5.74) is 0. The van der Waals surface area contributed by atoms with Crippen molar-refractivity contribution in [2.24, 2.45) is 0 Å². The van der Waals surface area contributed by atoms with Gasteiger partial charge in [0.05, 0.1) is 10.6 Å². The third kappa shape index (κ3) is 2.05. The van der Waals surface area contributed by atoms with Crippen LogP contribution in [0, 0.1) is 0 Å². The third-order valence-electron chi connectivity index (χ3n) is 2.06. The Morgan fingerprint density at radius 1 is 1.27 bits per heavy atom. The molecule has 0 unspecified atom stereocenters. The average molecular weight is 246 g/mol. The molecular weight excluding hydrogens is 236 g/mol. The molecule has 1 aromatic carbocycles. The number of rotatable bonds is 3. The lowest BCUT2D eigenvalue weighted by molar-refractivity contribution is 0.174. The summed E-state index contributed by atoms with van der Waals surface area (Å²) in [7, 11) is -3.24. The largest absolute Gasteiger partial charge is 0.454 e. The Hall–Kier alpha value is -0.880. The predicted molar refractivity (Wildman–Crippen MR) is 58.5 cm³/mol. The van der Waals surface area contributed by atoms with Gasteiger partial charge < -0.3 is 9.47 Å². The van der Waals surface area contributed by atoms with E-state index < -0.39 is 9.84 Å². The van der Waals surface area contributed by atoms with Gasteiger partial charge in [0.25, 0.3) is 0 Å². The number of thiol groups is 1. The number of hydrogen-bond acceptors (Lipinski definition) is 5. The molecule has 0 aromatic heterocycles. The molecule has 0 atom stereocenters. The summed E-state index contributed by atoms with van der Waals surface area (Å²) >= 11 is 3.91. The minimum absolute atomic E-state index is 0.0236. The van der Waals surface area contributed by atoms with Crippen LogP contribution < -0.4 is 9.47 Å². The van der Waals surface area contributed by atoms with Gasteiger partial charge in [-0.15, -0.1) is 0 Å². The van der Waals surface area contributed by atoms with Gasteiger partial charge in [0.1, 0.15) is 0 Å². The molecule has 4 nitrogen and oxygen atoms in total. The molecule has 0 amide bonds. The van der Waals surface area contributed by atoms with Crippen molar-refractivity contribution in [1.82, 2.24) is 0 Å². The molecule has 1 aliphatic heterocycles. The maximum atomic E-state index is 11.7. The van der Waals surface area contributed by atoms with Crippen molar-refractivity contribution in [3.05, 3.63) is 18.2 Å². The molecule has 15 heavy (non-hydrogen) atoms. The molecular formula is C9H10O4S2. The molecule has 0 fully saturated rings. The standard InChI is InChI=1S/C9H10O4S2/c10-15(11,4-3-14)7-1-2-8-9(5-7)13-6-12-8/h1-2,5,14H,3-4,6H2. The van der Waals surface area contributed by atoms with Gasteiger partial charge in [0.2, 0.25) is 6.79 Å². The summed E-state index contributed by atoms with van der Waals surface area (Å²) in [6, 6.07) is 4.61. The van der Waals surface area contributed by atoms with E-state index in [1.54, 1.807) is 6.07 Å². The first-order chi connectivity index (χ1) is 7.13. The first-order valence-electron chi connectivity index (χ1n) is 4.37. The first kappa shape index (κ1) is 10.6. The Labute approximate surface area is 93.5 Å². The molecule has 1 heterocycles. The highest BCUT2D eigenvalue weighted by atomic mass is 32.2. The monoisotopic (exact) mass is 246 g/mol. The van der Waals surface area contributed by atoms with E-state index in [1.807, 2.05) is 0 Å². The molecule has 2 rings (SSSR count). The zero-order chi connectivity index (χ0) is 10.9. The Kier molecular flexibility index (Phi) is 2.79. The van der Waals surface area contributed by atoms with Crippen molar-refractivity contribution in [1.29, 1.82) is 0 Å². The number of ether oxygens (including phenoxy) is 2. The Morgan fingerprint density at radius 2 is 2.00 bits per heavy atom. The number of hydrogen-bond donors (Lipinski definition) is 1. The summed E-state index contributed by atoms with van der Waals surface area (Å²) in [6.45, 7) is 0.144. The lowest BCUT2D eigenvalue weighted by Gasteiger charge is -2.03. The van der Waals surface area contributed by atoms with Gasteiger partial charge in [-0.2, -0.15) is 12.6 Å². The quantitative estimate of drug-likeness (QED) is 0.812. The predicted octanol–water partition coefficient (Wildman–Crippen LogP) is 1.12. The summed E-state index contributed by atoms with van der Waals surface area (Å²) in [6.07, 6.45) is 0. The molecule has 0 saturated carbocycles. The topological polar surface area (TPSA) is 52.6 Å². The second kappa shape index (κ2) is 3.94. The van der Waals surface area contributed by atoms with Crippen molar-refractivity contribution in [3.63, 3.8) is 0 Å². The summed E-state index contributed by atoms with van der Waals surface area (Å²) < 4.78 is 33.6. The number of sulfone groups is 1. The fourth-order valence-electron chi connectivity index (χ4n) is 1.31. The molecule has 0 spiro atoms. The van der Waals surface area contributed by atoms with Crippen LogP contribution in [0.1, 0.15) is 0 Å². The second-order valence-corrected chi connectivity index (χ2v) is 5.61. The Morgan fingerprint density at radius 3 is 2.73 bits per heavy atom. The molecule has 82 valence electrons. The maximum absolute atomic E-state index is 11.7. The van der Waals surface area contributed by atoms with Crippen LogP contribution in [0.5, 0.6) is 11.5 Å². The van der Waals surface area contributed by atoms with Crippen molar-refractivity contribution < 1.29 is 17.9 Å².